The summed E-state index contributed by atoms with van der Waals surface area (Å²) in [7, 11) is 0. The fourth-order valence-electron chi connectivity index (χ4n) is 0.432. The maximum atomic E-state index is 9.82. The van der Waals surface area contributed by atoms with E-state index in [9.17, 15) is 4.79 Å². The summed E-state index contributed by atoms with van der Waals surface area (Å²) in [6.07, 6.45) is 1.83. The molecule has 0 aliphatic heterocycles. The van der Waals surface area contributed by atoms with Crippen molar-refractivity contribution in [1.82, 2.24) is 0 Å². The first kappa shape index (κ1) is 7.63. The molecule has 0 bridgehead atoms. The topological polar surface area (TPSA) is 37.3 Å². The van der Waals surface area contributed by atoms with Crippen LogP contribution in [0.1, 0.15) is 20.3 Å². The van der Waals surface area contributed by atoms with Gasteiger partial charge in [0.15, 0.2) is 0 Å². The standard InChI is InChI=1S/C6H11O2/c1-3-6(8)5(2)4-7/h5-6,8H,3H2,1-2H3/t5-,6-/m1/s1. The quantitative estimate of drug-likeness (QED) is 0.581. The van der Waals surface area contributed by atoms with Crippen LogP contribution in [0, 0.1) is 5.92 Å². The second kappa shape index (κ2) is 3.61. The van der Waals surface area contributed by atoms with Crippen LogP contribution in [0.2, 0.25) is 0 Å². The van der Waals surface area contributed by atoms with Gasteiger partial charge in [-0.05, 0) is 6.42 Å². The van der Waals surface area contributed by atoms with Gasteiger partial charge >= 0.3 is 0 Å². The first-order valence-electron chi connectivity index (χ1n) is 2.78. The van der Waals surface area contributed by atoms with E-state index in [0.717, 1.165) is 0 Å². The van der Waals surface area contributed by atoms with Crippen LogP contribution < -0.4 is 0 Å². The van der Waals surface area contributed by atoms with E-state index in [1.165, 1.54) is 0 Å². The lowest BCUT2D eigenvalue weighted by Gasteiger charge is -2.07. The first-order chi connectivity index (χ1) is 3.72. The van der Waals surface area contributed by atoms with Crippen molar-refractivity contribution in [2.75, 3.05) is 0 Å². The Kier molecular flexibility index (Phi) is 3.44. The van der Waals surface area contributed by atoms with Gasteiger partial charge in [-0.1, -0.05) is 13.8 Å². The highest BCUT2D eigenvalue weighted by atomic mass is 16.3. The predicted molar refractivity (Wildman–Crippen MR) is 31.2 cm³/mol. The minimum absolute atomic E-state index is 0.333. The summed E-state index contributed by atoms with van der Waals surface area (Å²) >= 11 is 0. The van der Waals surface area contributed by atoms with E-state index in [4.69, 9.17) is 5.11 Å². The molecule has 2 heteroatoms. The van der Waals surface area contributed by atoms with Crippen LogP contribution in [0.5, 0.6) is 0 Å². The van der Waals surface area contributed by atoms with Crippen molar-refractivity contribution in [3.63, 3.8) is 0 Å². The zero-order chi connectivity index (χ0) is 6.57. The summed E-state index contributed by atoms with van der Waals surface area (Å²) in [5.74, 6) is -0.333. The van der Waals surface area contributed by atoms with Gasteiger partial charge in [0.05, 0.1) is 6.10 Å². The van der Waals surface area contributed by atoms with Gasteiger partial charge in [0, 0.05) is 5.92 Å². The van der Waals surface area contributed by atoms with Gasteiger partial charge in [-0.25, -0.2) is 0 Å². The molecule has 1 radical (unpaired) electrons. The Hall–Kier alpha value is -0.370. The molecule has 2 atom stereocenters. The largest absolute Gasteiger partial charge is 0.392 e. The molecule has 0 aromatic heterocycles. The molecule has 0 heterocycles. The van der Waals surface area contributed by atoms with E-state index in [0.29, 0.717) is 6.42 Å². The number of carbonyl (C=O) groups excluding carboxylic acids is 1. The lowest BCUT2D eigenvalue weighted by Crippen LogP contribution is -2.16. The van der Waals surface area contributed by atoms with Gasteiger partial charge in [-0.3, -0.25) is 4.79 Å². The Labute approximate surface area is 49.5 Å². The van der Waals surface area contributed by atoms with Crippen LogP contribution >= 0.6 is 0 Å². The van der Waals surface area contributed by atoms with Crippen LogP contribution in [0.15, 0.2) is 0 Å². The van der Waals surface area contributed by atoms with Gasteiger partial charge in [0.1, 0.15) is 0 Å². The molecule has 0 spiro atoms. The van der Waals surface area contributed by atoms with Gasteiger partial charge in [0.2, 0.25) is 6.29 Å². The average Bonchev–Trinajstić information content (AvgIpc) is 1.84. The highest BCUT2D eigenvalue weighted by Gasteiger charge is 2.09. The molecule has 8 heavy (non-hydrogen) atoms. The monoisotopic (exact) mass is 115 g/mol. The highest BCUT2D eigenvalue weighted by molar-refractivity contribution is 5.54. The molecule has 0 aromatic carbocycles. The summed E-state index contributed by atoms with van der Waals surface area (Å²) in [4.78, 5) is 9.82. The summed E-state index contributed by atoms with van der Waals surface area (Å²) in [5.41, 5.74) is 0. The normalized spacial score (nSPS) is 17.4. The van der Waals surface area contributed by atoms with Crippen molar-refractivity contribution in [1.29, 1.82) is 0 Å². The molecular formula is C6H11O2. The van der Waals surface area contributed by atoms with Crippen molar-refractivity contribution in [3.05, 3.63) is 0 Å². The predicted octanol–water partition coefficient (Wildman–Crippen LogP) is 0.503. The van der Waals surface area contributed by atoms with E-state index >= 15 is 0 Å². The molecule has 0 unspecified atom stereocenters. The maximum Gasteiger partial charge on any atom is 0.204 e. The van der Waals surface area contributed by atoms with Crippen molar-refractivity contribution in [2.45, 2.75) is 26.4 Å². The van der Waals surface area contributed by atoms with E-state index < -0.39 is 6.10 Å². The first-order valence-corrected chi connectivity index (χ1v) is 2.78. The van der Waals surface area contributed by atoms with Crippen LogP contribution in [0.25, 0.3) is 0 Å². The van der Waals surface area contributed by atoms with Crippen molar-refractivity contribution in [3.8, 4) is 0 Å². The van der Waals surface area contributed by atoms with E-state index in [2.05, 4.69) is 0 Å². The average molecular weight is 115 g/mol. The van der Waals surface area contributed by atoms with Crippen molar-refractivity contribution in [2.24, 2.45) is 5.92 Å². The fourth-order valence-corrected chi connectivity index (χ4v) is 0.432. The number of aliphatic hydroxyl groups excluding tert-OH is 1. The number of rotatable bonds is 3. The molecule has 0 saturated carbocycles. The number of hydrogen-bond acceptors (Lipinski definition) is 2. The van der Waals surface area contributed by atoms with E-state index in [1.54, 1.807) is 13.2 Å². The third kappa shape index (κ3) is 2.07. The molecule has 0 saturated heterocycles. The lowest BCUT2D eigenvalue weighted by atomic mass is 10.1. The van der Waals surface area contributed by atoms with Gasteiger partial charge in [0.25, 0.3) is 0 Å². The van der Waals surface area contributed by atoms with Crippen LogP contribution in [-0.2, 0) is 4.79 Å². The van der Waals surface area contributed by atoms with Gasteiger partial charge < -0.3 is 5.11 Å². The lowest BCUT2D eigenvalue weighted by molar-refractivity contribution is 0.139. The summed E-state index contributed by atoms with van der Waals surface area (Å²) in [5, 5.41) is 8.86. The Morgan fingerprint density at radius 2 is 2.25 bits per heavy atom. The van der Waals surface area contributed by atoms with Gasteiger partial charge in [-0.2, -0.15) is 0 Å². The molecule has 0 amide bonds. The van der Waals surface area contributed by atoms with Crippen LogP contribution in [0.3, 0.4) is 0 Å². The zero-order valence-corrected chi connectivity index (χ0v) is 5.22. The SMILES string of the molecule is CC[C@@H](O)[C@H](C)[C]=O. The Balaban J connectivity index is 3.44. The van der Waals surface area contributed by atoms with Crippen LogP contribution in [-0.4, -0.2) is 17.5 Å². The smallest absolute Gasteiger partial charge is 0.204 e. The number of hydrogen-bond donors (Lipinski definition) is 1. The third-order valence-corrected chi connectivity index (χ3v) is 1.18. The minimum atomic E-state index is -0.507. The Morgan fingerprint density at radius 3 is 2.38 bits per heavy atom. The maximum absolute atomic E-state index is 9.82. The molecule has 0 aliphatic rings. The van der Waals surface area contributed by atoms with Crippen molar-refractivity contribution >= 4 is 6.29 Å². The molecular weight excluding hydrogens is 104 g/mol. The molecule has 0 aromatic rings. The van der Waals surface area contributed by atoms with E-state index in [-0.39, 0.29) is 5.92 Å². The molecule has 0 fully saturated rings. The highest BCUT2D eigenvalue weighted by Crippen LogP contribution is 2.01. The molecule has 2 nitrogen and oxygen atoms in total. The second-order valence-electron chi connectivity index (χ2n) is 1.88. The summed E-state index contributed by atoms with van der Waals surface area (Å²) in [6.45, 7) is 3.49. The molecule has 47 valence electrons. The molecule has 1 N–H and O–H groups in total. The van der Waals surface area contributed by atoms with E-state index in [1.807, 2.05) is 6.92 Å². The van der Waals surface area contributed by atoms with Gasteiger partial charge in [-0.15, -0.1) is 0 Å². The molecule has 0 rings (SSSR count). The Morgan fingerprint density at radius 1 is 1.75 bits per heavy atom. The summed E-state index contributed by atoms with van der Waals surface area (Å²) in [6, 6.07) is 0. The second-order valence-corrected chi connectivity index (χ2v) is 1.88. The summed E-state index contributed by atoms with van der Waals surface area (Å²) < 4.78 is 0. The molecule has 0 aliphatic carbocycles. The minimum Gasteiger partial charge on any atom is -0.392 e. The Bertz CT molecular complexity index is 70.9. The third-order valence-electron chi connectivity index (χ3n) is 1.18. The van der Waals surface area contributed by atoms with Crippen LogP contribution in [0.4, 0.5) is 0 Å². The van der Waals surface area contributed by atoms with Crippen molar-refractivity contribution < 1.29 is 9.90 Å². The zero-order valence-electron chi connectivity index (χ0n) is 5.22. The fraction of sp³-hybridized carbons (Fsp3) is 0.833. The number of aliphatic hydroxyl groups is 1.